The van der Waals surface area contributed by atoms with Crippen molar-refractivity contribution < 1.29 is 28.2 Å². The van der Waals surface area contributed by atoms with E-state index in [0.29, 0.717) is 24.0 Å². The van der Waals surface area contributed by atoms with E-state index < -0.39 is 29.6 Å². The minimum atomic E-state index is -2.34. The second-order valence-corrected chi connectivity index (χ2v) is 7.48. The summed E-state index contributed by atoms with van der Waals surface area (Å²) in [6.45, 7) is 1.78. The number of carbonyl (C=O) groups excluding carboxylic acids is 1. The van der Waals surface area contributed by atoms with Gasteiger partial charge in [0.1, 0.15) is 30.5 Å². The summed E-state index contributed by atoms with van der Waals surface area (Å²) in [5, 5.41) is 16.2. The molecule has 2 unspecified atom stereocenters. The average Bonchev–Trinajstić information content (AvgIpc) is 3.34. The lowest BCUT2D eigenvalue weighted by Crippen LogP contribution is -2.64. The average molecular weight is 459 g/mol. The highest BCUT2D eigenvalue weighted by molar-refractivity contribution is 6.03. The van der Waals surface area contributed by atoms with E-state index in [2.05, 4.69) is 10.1 Å². The van der Waals surface area contributed by atoms with Crippen molar-refractivity contribution in [2.75, 3.05) is 26.2 Å². The molecule has 4 rings (SSSR count). The van der Waals surface area contributed by atoms with Crippen molar-refractivity contribution in [2.24, 2.45) is 0 Å². The smallest absolute Gasteiger partial charge is 0.261 e. The van der Waals surface area contributed by atoms with Crippen molar-refractivity contribution in [1.29, 1.82) is 0 Å². The van der Waals surface area contributed by atoms with Crippen LogP contribution in [0.25, 0.3) is 0 Å². The van der Waals surface area contributed by atoms with Crippen molar-refractivity contribution in [3.8, 4) is 11.5 Å². The molecule has 0 bridgehead atoms. The van der Waals surface area contributed by atoms with E-state index in [0.717, 1.165) is 17.0 Å². The fourth-order valence-electron chi connectivity index (χ4n) is 4.19. The Kier molecular flexibility index (Phi) is 5.66. The van der Waals surface area contributed by atoms with Gasteiger partial charge in [-0.05, 0) is 24.6 Å². The number of anilines is 1. The predicted octanol–water partition coefficient (Wildman–Crippen LogP) is 2.88. The van der Waals surface area contributed by atoms with Crippen LogP contribution in [0.4, 0.5) is 14.5 Å². The number of amides is 1. The molecule has 1 aliphatic heterocycles. The van der Waals surface area contributed by atoms with Crippen LogP contribution in [0.15, 0.2) is 43.0 Å². The fourth-order valence-corrected chi connectivity index (χ4v) is 4.19. The van der Waals surface area contributed by atoms with Gasteiger partial charge in [-0.1, -0.05) is 6.92 Å². The molecule has 3 aromatic rings. The maximum atomic E-state index is 15.1. The van der Waals surface area contributed by atoms with E-state index in [1.54, 1.807) is 6.92 Å². The summed E-state index contributed by atoms with van der Waals surface area (Å²) in [5.41, 5.74) is 0.160. The molecule has 1 aromatic heterocycles. The lowest BCUT2D eigenvalue weighted by molar-refractivity contribution is -0.132. The number of aliphatic hydroxyl groups is 1. The number of ether oxygens (including phenoxy) is 2. The molecule has 0 saturated carbocycles. The molecule has 9 nitrogen and oxygen atoms in total. The summed E-state index contributed by atoms with van der Waals surface area (Å²) >= 11 is 0. The summed E-state index contributed by atoms with van der Waals surface area (Å²) in [5.74, 6) is -4.16. The Morgan fingerprint density at radius 3 is 2.42 bits per heavy atom. The van der Waals surface area contributed by atoms with Gasteiger partial charge in [-0.3, -0.25) is 9.69 Å². The number of nitrogens with zero attached hydrogens (tertiary/aromatic N) is 5. The Hall–Kier alpha value is -3.73. The zero-order valence-corrected chi connectivity index (χ0v) is 18.5. The number of carbonyl (C=O) groups is 1. The topological polar surface area (TPSA) is 93.0 Å². The maximum absolute atomic E-state index is 15.1. The largest absolute Gasteiger partial charge is 0.493 e. The molecule has 11 heteroatoms. The molecular formula is C22H23F2N5O4. The van der Waals surface area contributed by atoms with Gasteiger partial charge < -0.3 is 19.5 Å². The monoisotopic (exact) mass is 459 g/mol. The highest BCUT2D eigenvalue weighted by Crippen LogP contribution is 2.48. The number of hydrogen-bond donors (Lipinski definition) is 1. The Morgan fingerprint density at radius 1 is 1.15 bits per heavy atom. The van der Waals surface area contributed by atoms with Gasteiger partial charge in [-0.25, -0.2) is 18.4 Å². The maximum Gasteiger partial charge on any atom is 0.261 e. The highest BCUT2D eigenvalue weighted by Gasteiger charge is 2.53. The lowest BCUT2D eigenvalue weighted by atomic mass is 9.96. The van der Waals surface area contributed by atoms with Crippen LogP contribution in [0, 0.1) is 11.6 Å². The molecular weight excluding hydrogens is 436 g/mol. The van der Waals surface area contributed by atoms with E-state index >= 15 is 4.39 Å². The first kappa shape index (κ1) is 22.5. The van der Waals surface area contributed by atoms with Gasteiger partial charge in [0.15, 0.2) is 11.5 Å². The molecule has 2 atom stereocenters. The number of hydrogen-bond acceptors (Lipinski definition) is 7. The van der Waals surface area contributed by atoms with Gasteiger partial charge in [0.2, 0.25) is 0 Å². The van der Waals surface area contributed by atoms with Gasteiger partial charge in [0.05, 0.1) is 31.0 Å². The van der Waals surface area contributed by atoms with Gasteiger partial charge >= 0.3 is 0 Å². The molecule has 0 aliphatic carbocycles. The molecule has 174 valence electrons. The van der Waals surface area contributed by atoms with Crippen molar-refractivity contribution in [3.63, 3.8) is 0 Å². The standard InChI is InChI=1S/C22H23F2N5O4/c1-5-20(28-12-25-11-26-28)29-21(30)14-9-18(32-3)19(33-4)10-17(14)27(2)22(29,31)15-7-6-13(23)8-16(15)24/h6-12,20,31H,5H2,1-4H3. The first-order chi connectivity index (χ1) is 15.8. The van der Waals surface area contributed by atoms with Crippen molar-refractivity contribution in [2.45, 2.75) is 25.4 Å². The summed E-state index contributed by atoms with van der Waals surface area (Å²) in [6, 6.07) is 5.81. The molecule has 0 radical (unpaired) electrons. The van der Waals surface area contributed by atoms with Crippen LogP contribution in [-0.2, 0) is 5.85 Å². The SMILES string of the molecule is CCC(N1C(=O)c2cc(OC)c(OC)cc2N(C)C1(O)c1ccc(F)cc1F)n1cncn1. The van der Waals surface area contributed by atoms with Crippen LogP contribution >= 0.6 is 0 Å². The van der Waals surface area contributed by atoms with Gasteiger partial charge in [-0.15, -0.1) is 0 Å². The molecule has 33 heavy (non-hydrogen) atoms. The summed E-state index contributed by atoms with van der Waals surface area (Å²) < 4.78 is 40.9. The zero-order valence-electron chi connectivity index (χ0n) is 18.5. The molecule has 1 N–H and O–H groups in total. The molecule has 2 heterocycles. The zero-order chi connectivity index (χ0) is 23.9. The number of aromatic nitrogens is 3. The lowest BCUT2D eigenvalue weighted by Gasteiger charge is -2.52. The second kappa shape index (κ2) is 8.32. The quantitative estimate of drug-likeness (QED) is 0.606. The molecule has 0 spiro atoms. The van der Waals surface area contributed by atoms with E-state index in [1.165, 1.54) is 55.6 Å². The van der Waals surface area contributed by atoms with Gasteiger partial charge in [0.25, 0.3) is 11.8 Å². The summed E-state index contributed by atoms with van der Waals surface area (Å²) in [6.07, 6.45) is 2.14. The van der Waals surface area contributed by atoms with Crippen LogP contribution in [0.5, 0.6) is 11.5 Å². The molecule has 1 amide bonds. The third-order valence-corrected chi connectivity index (χ3v) is 5.81. The van der Waals surface area contributed by atoms with Gasteiger partial charge in [-0.2, -0.15) is 5.10 Å². The minimum Gasteiger partial charge on any atom is -0.493 e. The van der Waals surface area contributed by atoms with E-state index in [-0.39, 0.29) is 16.8 Å². The van der Waals surface area contributed by atoms with E-state index in [1.807, 2.05) is 0 Å². The van der Waals surface area contributed by atoms with Crippen LogP contribution in [0.2, 0.25) is 0 Å². The Labute approximate surface area is 188 Å². The predicted molar refractivity (Wildman–Crippen MR) is 114 cm³/mol. The summed E-state index contributed by atoms with van der Waals surface area (Å²) in [4.78, 5) is 20.2. The highest BCUT2D eigenvalue weighted by atomic mass is 19.1. The van der Waals surface area contributed by atoms with E-state index in [9.17, 15) is 14.3 Å². The van der Waals surface area contributed by atoms with Gasteiger partial charge in [0, 0.05) is 19.2 Å². The molecule has 1 aliphatic rings. The molecule has 0 fully saturated rings. The van der Waals surface area contributed by atoms with Crippen molar-refractivity contribution >= 4 is 11.6 Å². The number of methoxy groups -OCH3 is 2. The molecule has 0 saturated heterocycles. The molecule has 2 aromatic carbocycles. The number of rotatable bonds is 6. The van der Waals surface area contributed by atoms with Crippen LogP contribution in [0.1, 0.15) is 35.4 Å². The Morgan fingerprint density at radius 2 is 1.85 bits per heavy atom. The normalized spacial score (nSPS) is 18.8. The van der Waals surface area contributed by atoms with Crippen LogP contribution < -0.4 is 14.4 Å². The number of fused-ring (bicyclic) bond motifs is 1. The van der Waals surface area contributed by atoms with Crippen molar-refractivity contribution in [3.05, 3.63) is 65.7 Å². The first-order valence-electron chi connectivity index (χ1n) is 10.1. The third-order valence-electron chi connectivity index (χ3n) is 5.81. The van der Waals surface area contributed by atoms with Crippen LogP contribution in [-0.4, -0.2) is 51.9 Å². The van der Waals surface area contributed by atoms with Crippen LogP contribution in [0.3, 0.4) is 0 Å². The summed E-state index contributed by atoms with van der Waals surface area (Å²) in [7, 11) is 4.37. The van der Waals surface area contributed by atoms with E-state index in [4.69, 9.17) is 9.47 Å². The Balaban J connectivity index is 2.02. The first-order valence-corrected chi connectivity index (χ1v) is 10.1. The van der Waals surface area contributed by atoms with Crippen molar-refractivity contribution in [1.82, 2.24) is 19.7 Å². The Bertz CT molecular complexity index is 1190. The fraction of sp³-hybridized carbons (Fsp3) is 0.318. The second-order valence-electron chi connectivity index (χ2n) is 7.48. The minimum absolute atomic E-state index is 0.195. The number of halogens is 2. The third kappa shape index (κ3) is 3.35. The number of benzene rings is 2.